The van der Waals surface area contributed by atoms with Crippen molar-refractivity contribution >= 4 is 10.8 Å². The summed E-state index contributed by atoms with van der Waals surface area (Å²) in [6.45, 7) is 4.68. The Bertz CT molecular complexity index is 1450. The molecule has 0 amide bonds. The number of benzene rings is 5. The number of hydrogen-bond acceptors (Lipinski definition) is 0. The topological polar surface area (TPSA) is 0 Å². The maximum atomic E-state index is 2.40. The van der Waals surface area contributed by atoms with Crippen molar-refractivity contribution in [1.29, 1.82) is 0 Å². The quantitative estimate of drug-likeness (QED) is 0.281. The normalized spacial score (nSPS) is 13.7. The molecule has 0 aromatic heterocycles. The molecule has 0 bridgehead atoms. The third kappa shape index (κ3) is 2.83. The summed E-state index contributed by atoms with van der Waals surface area (Å²) < 4.78 is 0. The van der Waals surface area contributed by atoms with Gasteiger partial charge in [0.2, 0.25) is 0 Å². The average Bonchev–Trinajstić information content (AvgIpc) is 3.05. The van der Waals surface area contributed by atoms with Crippen LogP contribution in [0.2, 0.25) is 0 Å². The zero-order valence-corrected chi connectivity index (χ0v) is 17.9. The van der Waals surface area contributed by atoms with Crippen molar-refractivity contribution in [3.63, 3.8) is 0 Å². The predicted octanol–water partition coefficient (Wildman–Crippen LogP) is 8.48. The molecule has 0 atom stereocenters. The molecule has 0 heteroatoms. The van der Waals surface area contributed by atoms with Crippen molar-refractivity contribution < 1.29 is 0 Å². The van der Waals surface area contributed by atoms with E-state index in [0.29, 0.717) is 0 Å². The maximum absolute atomic E-state index is 2.40. The van der Waals surface area contributed by atoms with Gasteiger partial charge in [0.1, 0.15) is 0 Å². The van der Waals surface area contributed by atoms with Crippen molar-refractivity contribution in [3.8, 4) is 33.4 Å². The molecule has 5 aromatic rings. The highest BCUT2D eigenvalue weighted by molar-refractivity contribution is 5.88. The second-order valence-electron chi connectivity index (χ2n) is 9.07. The smallest absolute Gasteiger partial charge is 0.0159 e. The molecule has 0 nitrogen and oxygen atoms in total. The molecule has 0 spiro atoms. The zero-order chi connectivity index (χ0) is 21.0. The van der Waals surface area contributed by atoms with E-state index in [-0.39, 0.29) is 5.41 Å². The zero-order valence-electron chi connectivity index (χ0n) is 17.9. The van der Waals surface area contributed by atoms with Gasteiger partial charge in [0.25, 0.3) is 0 Å². The molecule has 5 aromatic carbocycles. The van der Waals surface area contributed by atoms with Gasteiger partial charge in [-0.2, -0.15) is 0 Å². The highest BCUT2D eigenvalue weighted by atomic mass is 14.4. The summed E-state index contributed by atoms with van der Waals surface area (Å²) in [7, 11) is 0. The summed E-state index contributed by atoms with van der Waals surface area (Å²) in [5, 5.41) is 2.56. The minimum atomic E-state index is 0.0257. The second kappa shape index (κ2) is 6.68. The van der Waals surface area contributed by atoms with Crippen molar-refractivity contribution in [3.05, 3.63) is 120 Å². The summed E-state index contributed by atoms with van der Waals surface area (Å²) in [4.78, 5) is 0. The lowest BCUT2D eigenvalue weighted by atomic mass is 9.81. The van der Waals surface area contributed by atoms with Crippen molar-refractivity contribution in [2.45, 2.75) is 19.3 Å². The SMILES string of the molecule is CC1(C)c2ccccc2-c2ccc(-c3cccc(-c4ccc5ccccc5c4)c3)cc21. The minimum absolute atomic E-state index is 0.0257. The van der Waals surface area contributed by atoms with Crippen LogP contribution in [0.25, 0.3) is 44.2 Å². The predicted molar refractivity (Wildman–Crippen MR) is 132 cm³/mol. The molecule has 0 heterocycles. The molecule has 6 rings (SSSR count). The van der Waals surface area contributed by atoms with Gasteiger partial charge in [-0.05, 0) is 73.5 Å². The average molecular weight is 397 g/mol. The number of hydrogen-bond donors (Lipinski definition) is 0. The summed E-state index contributed by atoms with van der Waals surface area (Å²) in [5.41, 5.74) is 10.7. The molecule has 0 saturated heterocycles. The van der Waals surface area contributed by atoms with E-state index in [1.807, 2.05) is 0 Å². The highest BCUT2D eigenvalue weighted by Crippen LogP contribution is 2.49. The Morgan fingerprint density at radius 1 is 0.419 bits per heavy atom. The van der Waals surface area contributed by atoms with E-state index in [9.17, 15) is 0 Å². The van der Waals surface area contributed by atoms with Crippen LogP contribution in [-0.2, 0) is 5.41 Å². The van der Waals surface area contributed by atoms with Gasteiger partial charge in [-0.1, -0.05) is 105 Å². The Morgan fingerprint density at radius 2 is 1.03 bits per heavy atom. The molecular formula is C31H24. The summed E-state index contributed by atoms with van der Waals surface area (Å²) >= 11 is 0. The third-order valence-corrected chi connectivity index (χ3v) is 6.86. The van der Waals surface area contributed by atoms with Gasteiger partial charge >= 0.3 is 0 Å². The Morgan fingerprint density at radius 3 is 1.87 bits per heavy atom. The fourth-order valence-corrected chi connectivity index (χ4v) is 5.13. The van der Waals surface area contributed by atoms with Crippen LogP contribution < -0.4 is 0 Å². The van der Waals surface area contributed by atoms with Crippen LogP contribution in [0.15, 0.2) is 109 Å². The molecule has 0 unspecified atom stereocenters. The van der Waals surface area contributed by atoms with E-state index < -0.39 is 0 Å². The molecule has 1 aliphatic carbocycles. The molecule has 31 heavy (non-hydrogen) atoms. The Labute approximate surface area is 183 Å². The molecule has 0 aliphatic heterocycles. The van der Waals surface area contributed by atoms with Crippen molar-refractivity contribution in [2.75, 3.05) is 0 Å². The first kappa shape index (κ1) is 18.2. The van der Waals surface area contributed by atoms with Gasteiger partial charge < -0.3 is 0 Å². The van der Waals surface area contributed by atoms with Gasteiger partial charge in [0.05, 0.1) is 0 Å². The van der Waals surface area contributed by atoms with Crippen LogP contribution in [0.4, 0.5) is 0 Å². The summed E-state index contributed by atoms with van der Waals surface area (Å²) in [5.74, 6) is 0. The van der Waals surface area contributed by atoms with Gasteiger partial charge in [-0.3, -0.25) is 0 Å². The van der Waals surface area contributed by atoms with Crippen LogP contribution in [0.5, 0.6) is 0 Å². The fraction of sp³-hybridized carbons (Fsp3) is 0.0968. The number of fused-ring (bicyclic) bond motifs is 4. The largest absolute Gasteiger partial charge is 0.0619 e. The van der Waals surface area contributed by atoms with Crippen LogP contribution in [0.1, 0.15) is 25.0 Å². The van der Waals surface area contributed by atoms with E-state index in [2.05, 4.69) is 123 Å². The molecule has 1 aliphatic rings. The molecule has 0 saturated carbocycles. The second-order valence-corrected chi connectivity index (χ2v) is 9.07. The molecule has 148 valence electrons. The minimum Gasteiger partial charge on any atom is -0.0619 e. The van der Waals surface area contributed by atoms with Crippen LogP contribution >= 0.6 is 0 Å². The Balaban J connectivity index is 1.44. The lowest BCUT2D eigenvalue weighted by molar-refractivity contribution is 0.660. The van der Waals surface area contributed by atoms with E-state index in [0.717, 1.165) is 0 Å². The first-order valence-electron chi connectivity index (χ1n) is 11.0. The van der Waals surface area contributed by atoms with Crippen LogP contribution in [-0.4, -0.2) is 0 Å². The van der Waals surface area contributed by atoms with E-state index >= 15 is 0 Å². The summed E-state index contributed by atoms with van der Waals surface area (Å²) in [6.07, 6.45) is 0. The first-order chi connectivity index (χ1) is 15.1. The van der Waals surface area contributed by atoms with Gasteiger partial charge in [-0.15, -0.1) is 0 Å². The Hall–Kier alpha value is -3.64. The molecular weight excluding hydrogens is 372 g/mol. The van der Waals surface area contributed by atoms with Gasteiger partial charge in [-0.25, -0.2) is 0 Å². The van der Waals surface area contributed by atoms with Crippen molar-refractivity contribution in [2.24, 2.45) is 0 Å². The lowest BCUT2D eigenvalue weighted by Crippen LogP contribution is -2.14. The standard InChI is InChI=1S/C31H24/c1-31(2)29-13-6-5-12-27(29)28-17-16-26(20-30(28)31)24-11-7-10-23(19-24)25-15-14-21-8-3-4-9-22(21)18-25/h3-20H,1-2H3. The molecule has 0 N–H and O–H groups in total. The molecule has 0 radical (unpaired) electrons. The van der Waals surface area contributed by atoms with E-state index in [1.54, 1.807) is 0 Å². The summed E-state index contributed by atoms with van der Waals surface area (Å²) in [6, 6.07) is 40.0. The first-order valence-corrected chi connectivity index (χ1v) is 11.0. The lowest BCUT2D eigenvalue weighted by Gasteiger charge is -2.22. The monoisotopic (exact) mass is 396 g/mol. The molecule has 0 fully saturated rings. The van der Waals surface area contributed by atoms with Gasteiger partial charge in [0.15, 0.2) is 0 Å². The van der Waals surface area contributed by atoms with Gasteiger partial charge in [0, 0.05) is 5.41 Å². The number of rotatable bonds is 2. The van der Waals surface area contributed by atoms with E-state index in [4.69, 9.17) is 0 Å². The fourth-order valence-electron chi connectivity index (χ4n) is 5.13. The Kier molecular flexibility index (Phi) is 3.91. The maximum Gasteiger partial charge on any atom is 0.0159 e. The van der Waals surface area contributed by atoms with Crippen LogP contribution in [0.3, 0.4) is 0 Å². The van der Waals surface area contributed by atoms with Crippen LogP contribution in [0, 0.1) is 0 Å². The van der Waals surface area contributed by atoms with E-state index in [1.165, 1.54) is 55.3 Å². The highest BCUT2D eigenvalue weighted by Gasteiger charge is 2.35. The third-order valence-electron chi connectivity index (χ3n) is 6.86. The van der Waals surface area contributed by atoms with Crippen molar-refractivity contribution in [1.82, 2.24) is 0 Å².